The van der Waals surface area contributed by atoms with Crippen LogP contribution in [-0.4, -0.2) is 12.5 Å². The van der Waals surface area contributed by atoms with E-state index in [9.17, 15) is 4.79 Å². The van der Waals surface area contributed by atoms with Crippen LogP contribution in [0.4, 0.5) is 5.69 Å². The van der Waals surface area contributed by atoms with E-state index in [1.54, 1.807) is 23.5 Å². The first kappa shape index (κ1) is 16.6. The predicted molar refractivity (Wildman–Crippen MR) is 101 cm³/mol. The van der Waals surface area contributed by atoms with Crippen LogP contribution < -0.4 is 10.6 Å². The maximum absolute atomic E-state index is 12.4. The molecule has 3 nitrogen and oxygen atoms in total. The van der Waals surface area contributed by atoms with Crippen molar-refractivity contribution < 1.29 is 4.79 Å². The second kappa shape index (κ2) is 7.99. The molecule has 1 heterocycles. The topological polar surface area (TPSA) is 41.1 Å². The molecule has 0 aliphatic carbocycles. The van der Waals surface area contributed by atoms with Crippen LogP contribution in [-0.2, 0) is 4.79 Å². The molecular formula is C19H17ClN2OS. The monoisotopic (exact) mass is 356 g/mol. The first-order valence-electron chi connectivity index (χ1n) is 7.59. The van der Waals surface area contributed by atoms with Gasteiger partial charge in [0, 0.05) is 15.6 Å². The average molecular weight is 357 g/mol. The molecule has 122 valence electrons. The Balaban J connectivity index is 1.66. The molecule has 0 fully saturated rings. The number of nitrogens with one attached hydrogen (secondary N) is 2. The molecule has 3 aromatic rings. The molecule has 5 heteroatoms. The van der Waals surface area contributed by atoms with E-state index in [4.69, 9.17) is 11.6 Å². The number of halogens is 1. The number of hydrogen-bond donors (Lipinski definition) is 2. The Hall–Kier alpha value is -2.30. The van der Waals surface area contributed by atoms with Crippen molar-refractivity contribution in [2.45, 2.75) is 6.04 Å². The van der Waals surface area contributed by atoms with E-state index in [1.165, 1.54) is 0 Å². The molecule has 0 aliphatic rings. The summed E-state index contributed by atoms with van der Waals surface area (Å²) < 4.78 is 0. The Morgan fingerprint density at radius 2 is 1.75 bits per heavy atom. The van der Waals surface area contributed by atoms with Crippen molar-refractivity contribution in [1.82, 2.24) is 5.32 Å². The number of benzene rings is 2. The number of rotatable bonds is 6. The van der Waals surface area contributed by atoms with Crippen molar-refractivity contribution in [1.29, 1.82) is 0 Å². The molecule has 2 N–H and O–H groups in total. The lowest BCUT2D eigenvalue weighted by Crippen LogP contribution is -2.33. The summed E-state index contributed by atoms with van der Waals surface area (Å²) in [5.41, 5.74) is 1.93. The second-order valence-corrected chi connectivity index (χ2v) is 6.70. The molecule has 0 bridgehead atoms. The Morgan fingerprint density at radius 3 is 2.42 bits per heavy atom. The minimum absolute atomic E-state index is 0.0628. The van der Waals surface area contributed by atoms with E-state index in [2.05, 4.69) is 10.6 Å². The normalized spacial score (nSPS) is 11.7. The SMILES string of the molecule is O=C(CNc1ccc(Cl)cc1)NC(c1ccccc1)c1cccs1. The summed E-state index contributed by atoms with van der Waals surface area (Å²) in [7, 11) is 0. The molecule has 0 radical (unpaired) electrons. The number of hydrogen-bond acceptors (Lipinski definition) is 3. The van der Waals surface area contributed by atoms with Crippen LogP contribution in [0, 0.1) is 0 Å². The van der Waals surface area contributed by atoms with Gasteiger partial charge >= 0.3 is 0 Å². The summed E-state index contributed by atoms with van der Waals surface area (Å²) in [6.07, 6.45) is 0. The maximum Gasteiger partial charge on any atom is 0.240 e. The van der Waals surface area contributed by atoms with Gasteiger partial charge in [-0.2, -0.15) is 0 Å². The first-order valence-corrected chi connectivity index (χ1v) is 8.85. The van der Waals surface area contributed by atoms with Crippen LogP contribution in [0.5, 0.6) is 0 Å². The third kappa shape index (κ3) is 4.37. The van der Waals surface area contributed by atoms with E-state index >= 15 is 0 Å². The van der Waals surface area contributed by atoms with Crippen LogP contribution in [0.1, 0.15) is 16.5 Å². The number of thiophene rings is 1. The van der Waals surface area contributed by atoms with Crippen molar-refractivity contribution in [3.8, 4) is 0 Å². The molecule has 1 atom stereocenters. The van der Waals surface area contributed by atoms with Gasteiger partial charge in [-0.1, -0.05) is 48.0 Å². The number of carbonyl (C=O) groups excluding carboxylic acids is 1. The van der Waals surface area contributed by atoms with Crippen molar-refractivity contribution in [2.24, 2.45) is 0 Å². The fourth-order valence-electron chi connectivity index (χ4n) is 2.38. The molecule has 0 saturated carbocycles. The summed E-state index contributed by atoms with van der Waals surface area (Å²) in [6, 6.07) is 21.2. The Bertz CT molecular complexity index is 773. The van der Waals surface area contributed by atoms with Crippen LogP contribution in [0.25, 0.3) is 0 Å². The van der Waals surface area contributed by atoms with E-state index in [1.807, 2.05) is 60.0 Å². The molecule has 0 spiro atoms. The van der Waals surface area contributed by atoms with Gasteiger partial charge in [-0.25, -0.2) is 0 Å². The molecule has 1 unspecified atom stereocenters. The Kier molecular flexibility index (Phi) is 5.51. The zero-order chi connectivity index (χ0) is 16.8. The van der Waals surface area contributed by atoms with Gasteiger partial charge in [-0.3, -0.25) is 4.79 Å². The van der Waals surface area contributed by atoms with Crippen molar-refractivity contribution in [3.05, 3.63) is 87.6 Å². The van der Waals surface area contributed by atoms with Crippen LogP contribution in [0.3, 0.4) is 0 Å². The zero-order valence-electron chi connectivity index (χ0n) is 12.9. The molecule has 1 amide bonds. The van der Waals surface area contributed by atoms with E-state index in [0.29, 0.717) is 5.02 Å². The number of anilines is 1. The van der Waals surface area contributed by atoms with Crippen LogP contribution in [0.2, 0.25) is 5.02 Å². The summed E-state index contributed by atoms with van der Waals surface area (Å²) in [5, 5.41) is 8.90. The Morgan fingerprint density at radius 1 is 1.00 bits per heavy atom. The van der Waals surface area contributed by atoms with Gasteiger partial charge in [0.2, 0.25) is 5.91 Å². The van der Waals surface area contributed by atoms with Gasteiger partial charge in [0.05, 0.1) is 12.6 Å². The van der Waals surface area contributed by atoms with E-state index < -0.39 is 0 Å². The van der Waals surface area contributed by atoms with Crippen molar-refractivity contribution in [2.75, 3.05) is 11.9 Å². The quantitative estimate of drug-likeness (QED) is 0.671. The lowest BCUT2D eigenvalue weighted by molar-refractivity contribution is -0.119. The van der Waals surface area contributed by atoms with Crippen molar-refractivity contribution in [3.63, 3.8) is 0 Å². The second-order valence-electron chi connectivity index (χ2n) is 5.29. The van der Waals surface area contributed by atoms with Gasteiger partial charge in [-0.15, -0.1) is 11.3 Å². The predicted octanol–water partition coefficient (Wildman–Crippen LogP) is 4.72. The standard InChI is InChI=1S/C19H17ClN2OS/c20-15-8-10-16(11-9-15)21-13-18(23)22-19(17-7-4-12-24-17)14-5-2-1-3-6-14/h1-12,19,21H,13H2,(H,22,23). The lowest BCUT2D eigenvalue weighted by atomic mass is 10.1. The van der Waals surface area contributed by atoms with Crippen LogP contribution in [0.15, 0.2) is 72.1 Å². The molecule has 0 saturated heterocycles. The van der Waals surface area contributed by atoms with E-state index in [0.717, 1.165) is 16.1 Å². The van der Waals surface area contributed by atoms with Gasteiger partial charge in [0.25, 0.3) is 0 Å². The fourth-order valence-corrected chi connectivity index (χ4v) is 3.31. The average Bonchev–Trinajstić information content (AvgIpc) is 3.14. The summed E-state index contributed by atoms with van der Waals surface area (Å²) >= 11 is 7.50. The van der Waals surface area contributed by atoms with Crippen molar-refractivity contribution >= 4 is 34.5 Å². The largest absolute Gasteiger partial charge is 0.376 e. The molecule has 2 aromatic carbocycles. The summed E-state index contributed by atoms with van der Waals surface area (Å²) in [4.78, 5) is 13.5. The minimum Gasteiger partial charge on any atom is -0.376 e. The van der Waals surface area contributed by atoms with Gasteiger partial charge in [0.15, 0.2) is 0 Å². The number of amides is 1. The van der Waals surface area contributed by atoms with Gasteiger partial charge in [0.1, 0.15) is 0 Å². The minimum atomic E-state index is -0.134. The number of carbonyl (C=O) groups is 1. The van der Waals surface area contributed by atoms with E-state index in [-0.39, 0.29) is 18.5 Å². The highest BCUT2D eigenvalue weighted by Crippen LogP contribution is 2.25. The van der Waals surface area contributed by atoms with Gasteiger partial charge < -0.3 is 10.6 Å². The Labute approximate surface area is 150 Å². The first-order chi connectivity index (χ1) is 11.7. The highest BCUT2D eigenvalue weighted by atomic mass is 35.5. The molecule has 24 heavy (non-hydrogen) atoms. The highest BCUT2D eigenvalue weighted by Gasteiger charge is 2.17. The van der Waals surface area contributed by atoms with Gasteiger partial charge in [-0.05, 0) is 41.3 Å². The van der Waals surface area contributed by atoms with Crippen LogP contribution >= 0.6 is 22.9 Å². The lowest BCUT2D eigenvalue weighted by Gasteiger charge is -2.18. The molecular weight excluding hydrogens is 340 g/mol. The molecule has 1 aromatic heterocycles. The zero-order valence-corrected chi connectivity index (χ0v) is 14.5. The fraction of sp³-hybridized carbons (Fsp3) is 0.105. The summed E-state index contributed by atoms with van der Waals surface area (Å²) in [5.74, 6) is -0.0628. The maximum atomic E-state index is 12.4. The molecule has 0 aliphatic heterocycles. The third-order valence-corrected chi connectivity index (χ3v) is 4.75. The molecule has 3 rings (SSSR count). The smallest absolute Gasteiger partial charge is 0.240 e. The third-order valence-electron chi connectivity index (χ3n) is 3.56. The summed E-state index contributed by atoms with van der Waals surface area (Å²) in [6.45, 7) is 0.205. The highest BCUT2D eigenvalue weighted by molar-refractivity contribution is 7.10.